The van der Waals surface area contributed by atoms with Gasteiger partial charge in [-0.1, -0.05) is 29.9 Å². The summed E-state index contributed by atoms with van der Waals surface area (Å²) in [4.78, 5) is 18.2. The van der Waals surface area contributed by atoms with Crippen LogP contribution in [0, 0.1) is 0 Å². The fourth-order valence-electron chi connectivity index (χ4n) is 3.56. The number of aliphatic hydroxyl groups is 1. The summed E-state index contributed by atoms with van der Waals surface area (Å²) in [6.45, 7) is 7.36. The van der Waals surface area contributed by atoms with E-state index in [4.69, 9.17) is 22.1 Å². The molecule has 3 rings (SSSR count). The van der Waals surface area contributed by atoms with Crippen molar-refractivity contribution in [1.82, 2.24) is 19.7 Å². The van der Waals surface area contributed by atoms with Crippen LogP contribution in [0.5, 0.6) is 0 Å². The lowest BCUT2D eigenvalue weighted by atomic mass is 10.0. The molecule has 1 aliphatic heterocycles. The van der Waals surface area contributed by atoms with Gasteiger partial charge in [0.15, 0.2) is 5.15 Å². The zero-order valence-corrected chi connectivity index (χ0v) is 17.7. The number of imidazole rings is 1. The summed E-state index contributed by atoms with van der Waals surface area (Å²) in [6, 6.07) is -0.113. The van der Waals surface area contributed by atoms with Crippen LogP contribution in [0.25, 0.3) is 0 Å². The molecule has 1 unspecified atom stereocenters. The molecule has 2 aromatic rings. The Hall–Kier alpha value is -1.75. The number of piperidine rings is 1. The highest BCUT2D eigenvalue weighted by molar-refractivity contribution is 7.15. The third kappa shape index (κ3) is 4.00. The summed E-state index contributed by atoms with van der Waals surface area (Å²) >= 11 is 7.63. The van der Waals surface area contributed by atoms with Gasteiger partial charge in [-0.05, 0) is 26.7 Å². The van der Waals surface area contributed by atoms with E-state index in [0.717, 1.165) is 10.8 Å². The van der Waals surface area contributed by atoms with Crippen molar-refractivity contribution >= 4 is 34.0 Å². The maximum absolute atomic E-state index is 12.0. The van der Waals surface area contributed by atoms with Gasteiger partial charge in [-0.2, -0.15) is 0 Å². The van der Waals surface area contributed by atoms with E-state index in [0.29, 0.717) is 42.7 Å². The molecule has 0 aliphatic carbocycles. The molecule has 11 heteroatoms. The normalized spacial score (nSPS) is 21.1. The Bertz CT molecular complexity index is 839. The Morgan fingerprint density at radius 1 is 1.46 bits per heavy atom. The summed E-state index contributed by atoms with van der Waals surface area (Å²) in [5.41, 5.74) is 6.34. The van der Waals surface area contributed by atoms with E-state index in [1.807, 2.05) is 18.4 Å². The molecule has 3 heterocycles. The molecule has 0 radical (unpaired) electrons. The van der Waals surface area contributed by atoms with Gasteiger partial charge in [-0.25, -0.2) is 4.98 Å². The molecular formula is C17H25ClN6O3S. The fraction of sp³-hybridized carbons (Fsp3) is 0.647. The number of nitrogens with two attached hydrogens (primary N) is 1. The number of aliphatic hydroxyl groups excluding tert-OH is 1. The third-order valence-electron chi connectivity index (χ3n) is 4.81. The minimum Gasteiger partial charge on any atom is -0.386 e. The quantitative estimate of drug-likeness (QED) is 0.691. The van der Waals surface area contributed by atoms with Crippen LogP contribution < -0.4 is 10.6 Å². The van der Waals surface area contributed by atoms with Crippen LogP contribution in [0.3, 0.4) is 0 Å². The van der Waals surface area contributed by atoms with Crippen molar-refractivity contribution in [2.45, 2.75) is 51.9 Å². The summed E-state index contributed by atoms with van der Waals surface area (Å²) in [5, 5.41) is 19.6. The molecule has 2 aromatic heterocycles. The summed E-state index contributed by atoms with van der Waals surface area (Å²) in [7, 11) is 0. The molecule has 1 amide bonds. The maximum Gasteiger partial charge on any atom is 0.284 e. The minimum atomic E-state index is -0.648. The Kier molecular flexibility index (Phi) is 6.54. The fourth-order valence-corrected chi connectivity index (χ4v) is 4.68. The second-order valence-electron chi connectivity index (χ2n) is 6.66. The molecule has 28 heavy (non-hydrogen) atoms. The van der Waals surface area contributed by atoms with Crippen LogP contribution >= 0.6 is 22.9 Å². The number of carbonyl (C=O) groups is 1. The topological polar surface area (TPSA) is 119 Å². The highest BCUT2D eigenvalue weighted by Gasteiger charge is 2.36. The van der Waals surface area contributed by atoms with Crippen LogP contribution in [0.4, 0.5) is 5.13 Å². The predicted molar refractivity (Wildman–Crippen MR) is 107 cm³/mol. The number of nitrogens with zero attached hydrogens (tertiary/aromatic N) is 5. The molecule has 154 valence electrons. The molecule has 0 bridgehead atoms. The zero-order chi connectivity index (χ0) is 20.4. The van der Waals surface area contributed by atoms with Gasteiger partial charge in [0.1, 0.15) is 11.1 Å². The molecule has 0 saturated carbocycles. The number of carbonyl (C=O) groups excluding carboxylic acids is 1. The second kappa shape index (κ2) is 8.73. The van der Waals surface area contributed by atoms with E-state index in [1.54, 1.807) is 6.92 Å². The maximum atomic E-state index is 12.0. The summed E-state index contributed by atoms with van der Waals surface area (Å²) in [6.07, 6.45) is 0.483. The molecule has 9 nitrogen and oxygen atoms in total. The number of hydrogen-bond donors (Lipinski definition) is 2. The van der Waals surface area contributed by atoms with Crippen molar-refractivity contribution in [1.29, 1.82) is 0 Å². The average molecular weight is 429 g/mol. The van der Waals surface area contributed by atoms with Crippen LogP contribution in [-0.4, -0.2) is 56.6 Å². The second-order valence-corrected chi connectivity index (χ2v) is 8.00. The molecule has 0 spiro atoms. The predicted octanol–water partition coefficient (Wildman–Crippen LogP) is 1.96. The number of rotatable bonds is 7. The molecule has 1 aliphatic rings. The average Bonchev–Trinajstić information content (AvgIpc) is 3.27. The summed E-state index contributed by atoms with van der Waals surface area (Å²) in [5.74, 6) is -0.442. The van der Waals surface area contributed by atoms with Crippen molar-refractivity contribution in [3.8, 4) is 0 Å². The van der Waals surface area contributed by atoms with Crippen molar-refractivity contribution in [2.24, 2.45) is 5.73 Å². The van der Waals surface area contributed by atoms with Crippen LogP contribution in [0.15, 0.2) is 0 Å². The monoisotopic (exact) mass is 428 g/mol. The first kappa shape index (κ1) is 21.0. The smallest absolute Gasteiger partial charge is 0.284 e. The molecule has 1 saturated heterocycles. The number of aromatic nitrogens is 4. The van der Waals surface area contributed by atoms with E-state index in [9.17, 15) is 9.90 Å². The van der Waals surface area contributed by atoms with Gasteiger partial charge in [0.25, 0.3) is 5.91 Å². The van der Waals surface area contributed by atoms with Gasteiger partial charge in [-0.3, -0.25) is 4.79 Å². The molecule has 1 fully saturated rings. The van der Waals surface area contributed by atoms with Gasteiger partial charge in [0.2, 0.25) is 11.0 Å². The van der Waals surface area contributed by atoms with Gasteiger partial charge in [0.05, 0.1) is 17.8 Å². The lowest BCUT2D eigenvalue weighted by molar-refractivity contribution is 0.0156. The van der Waals surface area contributed by atoms with Crippen LogP contribution in [0.1, 0.15) is 60.7 Å². The Labute approximate surface area is 172 Å². The largest absolute Gasteiger partial charge is 0.386 e. The standard InChI is InChI=1S/C17H25ClN6O3S/c1-4-10-13(18)20-15(14(19)26)24(10)11-6-7-23(8-12(11)27-5-2)17-22-21-16(28-17)9(3)25/h9,11-12,25H,4-8H2,1-3H3,(H2,19,26)/t9?,11-,12+/m1/s1. The van der Waals surface area contributed by atoms with E-state index < -0.39 is 12.0 Å². The van der Waals surface area contributed by atoms with Crippen LogP contribution in [0.2, 0.25) is 5.15 Å². The van der Waals surface area contributed by atoms with Gasteiger partial charge < -0.3 is 25.0 Å². The van der Waals surface area contributed by atoms with E-state index >= 15 is 0 Å². The number of halogens is 1. The zero-order valence-electron chi connectivity index (χ0n) is 16.1. The highest BCUT2D eigenvalue weighted by Crippen LogP contribution is 2.34. The first-order valence-electron chi connectivity index (χ1n) is 9.31. The molecule has 3 atom stereocenters. The van der Waals surface area contributed by atoms with Crippen molar-refractivity contribution in [2.75, 3.05) is 24.6 Å². The van der Waals surface area contributed by atoms with Gasteiger partial charge in [0, 0.05) is 19.7 Å². The van der Waals surface area contributed by atoms with Crippen molar-refractivity contribution in [3.05, 3.63) is 21.7 Å². The lowest BCUT2D eigenvalue weighted by Crippen LogP contribution is -2.47. The summed E-state index contributed by atoms with van der Waals surface area (Å²) < 4.78 is 7.87. The van der Waals surface area contributed by atoms with E-state index in [1.165, 1.54) is 11.3 Å². The number of primary amides is 1. The Morgan fingerprint density at radius 2 is 2.21 bits per heavy atom. The molecular weight excluding hydrogens is 404 g/mol. The molecule has 0 aromatic carbocycles. The van der Waals surface area contributed by atoms with Gasteiger partial charge >= 0.3 is 0 Å². The third-order valence-corrected chi connectivity index (χ3v) is 6.27. The Morgan fingerprint density at radius 3 is 2.79 bits per heavy atom. The van der Waals surface area contributed by atoms with Gasteiger partial charge in [-0.15, -0.1) is 10.2 Å². The number of hydrogen-bond acceptors (Lipinski definition) is 8. The first-order valence-corrected chi connectivity index (χ1v) is 10.5. The lowest BCUT2D eigenvalue weighted by Gasteiger charge is -2.39. The SMILES string of the molecule is CCO[C@H]1CN(c2nnc(C(C)O)s2)CC[C@H]1n1c(C(N)=O)nc(Cl)c1CC. The molecule has 3 N–H and O–H groups in total. The number of anilines is 1. The van der Waals surface area contributed by atoms with Crippen molar-refractivity contribution < 1.29 is 14.6 Å². The van der Waals surface area contributed by atoms with E-state index in [-0.39, 0.29) is 18.0 Å². The highest BCUT2D eigenvalue weighted by atomic mass is 35.5. The van der Waals surface area contributed by atoms with Crippen LogP contribution in [-0.2, 0) is 11.2 Å². The minimum absolute atomic E-state index is 0.113. The van der Waals surface area contributed by atoms with Crippen molar-refractivity contribution in [3.63, 3.8) is 0 Å². The first-order chi connectivity index (χ1) is 13.4. The van der Waals surface area contributed by atoms with E-state index in [2.05, 4.69) is 20.1 Å². The Balaban J connectivity index is 1.91. The number of ether oxygens (including phenoxy) is 1. The number of amides is 1.